The van der Waals surface area contributed by atoms with Crippen molar-refractivity contribution in [2.24, 2.45) is 0 Å². The van der Waals surface area contributed by atoms with E-state index in [1.165, 1.54) is 0 Å². The van der Waals surface area contributed by atoms with Gasteiger partial charge in [-0.2, -0.15) is 5.10 Å². The van der Waals surface area contributed by atoms with E-state index >= 15 is 0 Å². The number of likely N-dealkylation sites (tertiary alicyclic amines) is 1. The van der Waals surface area contributed by atoms with E-state index in [-0.39, 0.29) is 11.8 Å². The molecule has 2 aromatic heterocycles. The van der Waals surface area contributed by atoms with Gasteiger partial charge < -0.3 is 10.2 Å². The number of hydrogen-bond donors (Lipinski definition) is 1. The summed E-state index contributed by atoms with van der Waals surface area (Å²) in [6, 6.07) is 1.92. The summed E-state index contributed by atoms with van der Waals surface area (Å²) in [5.74, 6) is -0.0181. The second-order valence-corrected chi connectivity index (χ2v) is 6.28. The number of carbonyl (C=O) groups is 2. The second kappa shape index (κ2) is 6.98. The molecule has 1 aliphatic heterocycles. The first-order valence-corrected chi connectivity index (χ1v) is 8.44. The maximum atomic E-state index is 12.4. The van der Waals surface area contributed by atoms with Crippen molar-refractivity contribution in [2.75, 3.05) is 19.6 Å². The van der Waals surface area contributed by atoms with E-state index < -0.39 is 0 Å². The molecule has 7 nitrogen and oxygen atoms in total. The number of aryl methyl sites for hydroxylation is 2. The first kappa shape index (κ1) is 16.4. The molecule has 0 aromatic carbocycles. The maximum absolute atomic E-state index is 12.4. The van der Waals surface area contributed by atoms with Crippen LogP contribution in [0.3, 0.4) is 0 Å². The predicted molar refractivity (Wildman–Crippen MR) is 89.8 cm³/mol. The van der Waals surface area contributed by atoms with E-state index in [9.17, 15) is 9.59 Å². The molecule has 0 spiro atoms. The molecule has 3 rings (SSSR count). The molecule has 0 unspecified atom stereocenters. The Bertz CT molecular complexity index is 768. The molecular formula is C17H23N5O2. The van der Waals surface area contributed by atoms with Crippen LogP contribution in [-0.2, 0) is 4.79 Å². The Morgan fingerprint density at radius 2 is 2.12 bits per heavy atom. The van der Waals surface area contributed by atoms with Crippen molar-refractivity contribution in [3.63, 3.8) is 0 Å². The van der Waals surface area contributed by atoms with Crippen LogP contribution in [0.2, 0.25) is 0 Å². The molecule has 0 bridgehead atoms. The summed E-state index contributed by atoms with van der Waals surface area (Å²) in [6.45, 7) is 5.60. The third kappa shape index (κ3) is 3.39. The molecule has 0 radical (unpaired) electrons. The Morgan fingerprint density at radius 1 is 1.29 bits per heavy atom. The van der Waals surface area contributed by atoms with E-state index in [0.717, 1.165) is 37.2 Å². The molecule has 1 aliphatic rings. The lowest BCUT2D eigenvalue weighted by Crippen LogP contribution is -2.38. The van der Waals surface area contributed by atoms with Gasteiger partial charge in [-0.05, 0) is 32.8 Å². The molecule has 24 heavy (non-hydrogen) atoms. The van der Waals surface area contributed by atoms with E-state index in [2.05, 4.69) is 15.4 Å². The standard InChI is InChI=1S/C17H23N5O2/c1-12-10-13(2)22-16(20-12)14(11-19-22)17(24)18-7-9-21-8-5-3-4-6-15(21)23/h10-11H,3-9H2,1-2H3,(H,18,24). The van der Waals surface area contributed by atoms with Crippen molar-refractivity contribution in [1.29, 1.82) is 0 Å². The van der Waals surface area contributed by atoms with Crippen molar-refractivity contribution >= 4 is 17.5 Å². The van der Waals surface area contributed by atoms with Gasteiger partial charge in [-0.25, -0.2) is 9.50 Å². The molecule has 7 heteroatoms. The Kier molecular flexibility index (Phi) is 4.78. The summed E-state index contributed by atoms with van der Waals surface area (Å²) >= 11 is 0. The minimum Gasteiger partial charge on any atom is -0.350 e. The molecule has 128 valence electrons. The van der Waals surface area contributed by atoms with Crippen LogP contribution in [0.25, 0.3) is 5.65 Å². The first-order chi connectivity index (χ1) is 11.6. The third-order valence-corrected chi connectivity index (χ3v) is 4.36. The lowest BCUT2D eigenvalue weighted by molar-refractivity contribution is -0.130. The minimum atomic E-state index is -0.204. The normalized spacial score (nSPS) is 15.6. The molecule has 1 fully saturated rings. The summed E-state index contributed by atoms with van der Waals surface area (Å²) in [5, 5.41) is 7.11. The summed E-state index contributed by atoms with van der Waals surface area (Å²) < 4.78 is 1.67. The summed E-state index contributed by atoms with van der Waals surface area (Å²) in [6.07, 6.45) is 5.26. The average molecular weight is 329 g/mol. The van der Waals surface area contributed by atoms with Crippen LogP contribution in [-0.4, -0.2) is 50.9 Å². The van der Waals surface area contributed by atoms with E-state index in [1.54, 1.807) is 10.7 Å². The minimum absolute atomic E-state index is 0.186. The Balaban J connectivity index is 1.64. The quantitative estimate of drug-likeness (QED) is 0.921. The number of nitrogens with zero attached hydrogens (tertiary/aromatic N) is 4. The van der Waals surface area contributed by atoms with Gasteiger partial charge in [0.2, 0.25) is 5.91 Å². The Labute approximate surface area is 141 Å². The van der Waals surface area contributed by atoms with Crippen molar-refractivity contribution < 1.29 is 9.59 Å². The van der Waals surface area contributed by atoms with Crippen molar-refractivity contribution in [3.8, 4) is 0 Å². The molecule has 0 aliphatic carbocycles. The lowest BCUT2D eigenvalue weighted by atomic mass is 10.2. The SMILES string of the molecule is Cc1cc(C)n2ncc(C(=O)NCCN3CCCCCC3=O)c2n1. The molecule has 0 saturated carbocycles. The number of fused-ring (bicyclic) bond motifs is 1. The van der Waals surface area contributed by atoms with Crippen molar-refractivity contribution in [1.82, 2.24) is 24.8 Å². The van der Waals surface area contributed by atoms with E-state index in [4.69, 9.17) is 0 Å². The van der Waals surface area contributed by atoms with Crippen LogP contribution < -0.4 is 5.32 Å². The Morgan fingerprint density at radius 3 is 2.96 bits per heavy atom. The summed E-state index contributed by atoms with van der Waals surface area (Å²) in [4.78, 5) is 30.6. The van der Waals surface area contributed by atoms with Gasteiger partial charge in [0.05, 0.1) is 6.20 Å². The number of rotatable bonds is 4. The predicted octanol–water partition coefficient (Wildman–Crippen LogP) is 1.48. The number of nitrogens with one attached hydrogen (secondary N) is 1. The van der Waals surface area contributed by atoms with Gasteiger partial charge in [-0.1, -0.05) is 6.42 Å². The maximum Gasteiger partial charge on any atom is 0.256 e. The van der Waals surface area contributed by atoms with Gasteiger partial charge >= 0.3 is 0 Å². The first-order valence-electron chi connectivity index (χ1n) is 8.44. The number of hydrogen-bond acceptors (Lipinski definition) is 4. The fourth-order valence-electron chi connectivity index (χ4n) is 3.11. The highest BCUT2D eigenvalue weighted by molar-refractivity contribution is 5.99. The number of carbonyl (C=O) groups excluding carboxylic acids is 2. The second-order valence-electron chi connectivity index (χ2n) is 6.28. The van der Waals surface area contributed by atoms with Gasteiger partial charge in [0.1, 0.15) is 5.56 Å². The van der Waals surface area contributed by atoms with Crippen LogP contribution in [0.5, 0.6) is 0 Å². The highest BCUT2D eigenvalue weighted by Crippen LogP contribution is 2.12. The molecule has 2 aromatic rings. The summed E-state index contributed by atoms with van der Waals surface area (Å²) in [5.41, 5.74) is 2.82. The fourth-order valence-corrected chi connectivity index (χ4v) is 3.11. The van der Waals surface area contributed by atoms with E-state index in [1.807, 2.05) is 24.8 Å². The van der Waals surface area contributed by atoms with Gasteiger partial charge in [-0.3, -0.25) is 9.59 Å². The number of amides is 2. The zero-order chi connectivity index (χ0) is 17.1. The van der Waals surface area contributed by atoms with Crippen LogP contribution in [0, 0.1) is 13.8 Å². The van der Waals surface area contributed by atoms with Crippen LogP contribution in [0.4, 0.5) is 0 Å². The largest absolute Gasteiger partial charge is 0.350 e. The lowest BCUT2D eigenvalue weighted by Gasteiger charge is -2.20. The van der Waals surface area contributed by atoms with Gasteiger partial charge in [0.25, 0.3) is 5.91 Å². The highest BCUT2D eigenvalue weighted by atomic mass is 16.2. The van der Waals surface area contributed by atoms with Gasteiger partial charge in [0.15, 0.2) is 5.65 Å². The number of aromatic nitrogens is 3. The summed E-state index contributed by atoms with van der Waals surface area (Å²) in [7, 11) is 0. The Hall–Kier alpha value is -2.44. The monoisotopic (exact) mass is 329 g/mol. The van der Waals surface area contributed by atoms with Crippen molar-refractivity contribution in [3.05, 3.63) is 29.2 Å². The van der Waals surface area contributed by atoms with Crippen LogP contribution >= 0.6 is 0 Å². The molecule has 0 atom stereocenters. The topological polar surface area (TPSA) is 79.6 Å². The molecule has 1 saturated heterocycles. The smallest absolute Gasteiger partial charge is 0.256 e. The van der Waals surface area contributed by atoms with Gasteiger partial charge in [0, 0.05) is 37.4 Å². The van der Waals surface area contributed by atoms with Crippen LogP contribution in [0.1, 0.15) is 47.4 Å². The van der Waals surface area contributed by atoms with E-state index in [0.29, 0.717) is 30.7 Å². The van der Waals surface area contributed by atoms with Gasteiger partial charge in [-0.15, -0.1) is 0 Å². The molecule has 1 N–H and O–H groups in total. The molecule has 2 amide bonds. The van der Waals surface area contributed by atoms with Crippen LogP contribution in [0.15, 0.2) is 12.3 Å². The average Bonchev–Trinajstić information content (AvgIpc) is 2.86. The zero-order valence-corrected chi connectivity index (χ0v) is 14.2. The van der Waals surface area contributed by atoms with Crippen molar-refractivity contribution in [2.45, 2.75) is 39.5 Å². The molecule has 3 heterocycles. The molecular weight excluding hydrogens is 306 g/mol. The fraction of sp³-hybridized carbons (Fsp3) is 0.529. The third-order valence-electron chi connectivity index (χ3n) is 4.36. The highest BCUT2D eigenvalue weighted by Gasteiger charge is 2.18. The zero-order valence-electron chi connectivity index (χ0n) is 14.2.